The van der Waals surface area contributed by atoms with E-state index in [9.17, 15) is 0 Å². The van der Waals surface area contributed by atoms with Gasteiger partial charge in [-0.15, -0.1) is 5.10 Å². The third kappa shape index (κ3) is 3.26. The van der Waals surface area contributed by atoms with Crippen molar-refractivity contribution in [2.75, 3.05) is 6.61 Å². The highest BCUT2D eigenvalue weighted by Crippen LogP contribution is 2.20. The van der Waals surface area contributed by atoms with Crippen LogP contribution in [-0.4, -0.2) is 36.8 Å². The van der Waals surface area contributed by atoms with Crippen LogP contribution < -0.4 is 0 Å². The van der Waals surface area contributed by atoms with Crippen molar-refractivity contribution < 1.29 is 9.63 Å². The minimum Gasteiger partial charge on any atom is -0.396 e. The van der Waals surface area contributed by atoms with Crippen LogP contribution in [0.25, 0.3) is 11.4 Å². The highest BCUT2D eigenvalue weighted by Gasteiger charge is 2.10. The number of hydrogen-bond acceptors (Lipinski definition) is 6. The van der Waals surface area contributed by atoms with Gasteiger partial charge in [-0.3, -0.25) is 0 Å². The van der Waals surface area contributed by atoms with Crippen molar-refractivity contribution in [1.82, 2.24) is 25.1 Å². The zero-order chi connectivity index (χ0) is 14.7. The highest BCUT2D eigenvalue weighted by atomic mass is 35.5. The van der Waals surface area contributed by atoms with Crippen LogP contribution in [-0.2, 0) is 13.0 Å². The lowest BCUT2D eigenvalue weighted by Crippen LogP contribution is -2.00. The smallest absolute Gasteiger partial charge is 0.248 e. The second-order valence-electron chi connectivity index (χ2n) is 4.40. The van der Waals surface area contributed by atoms with E-state index in [0.717, 1.165) is 5.56 Å². The van der Waals surface area contributed by atoms with Gasteiger partial charge >= 0.3 is 0 Å². The van der Waals surface area contributed by atoms with Crippen LogP contribution in [0, 0.1) is 0 Å². The molecule has 0 aliphatic carbocycles. The standard InChI is InChI=1S/C13H12ClN5O2/c14-10-3-1-2-9(6-10)13-15-12(21-17-13)8-19-7-11(4-5-20)16-18-19/h1-3,6-7,20H,4-5,8H2. The zero-order valence-electron chi connectivity index (χ0n) is 11.0. The number of aliphatic hydroxyl groups is 1. The fraction of sp³-hybridized carbons (Fsp3) is 0.231. The van der Waals surface area contributed by atoms with E-state index in [0.29, 0.717) is 35.4 Å². The van der Waals surface area contributed by atoms with Crippen LogP contribution in [0.3, 0.4) is 0 Å². The van der Waals surface area contributed by atoms with E-state index in [1.807, 2.05) is 12.1 Å². The topological polar surface area (TPSA) is 89.9 Å². The summed E-state index contributed by atoms with van der Waals surface area (Å²) in [5, 5.41) is 21.2. The summed E-state index contributed by atoms with van der Waals surface area (Å²) in [4.78, 5) is 4.30. The van der Waals surface area contributed by atoms with E-state index in [-0.39, 0.29) is 6.61 Å². The number of halogens is 1. The van der Waals surface area contributed by atoms with Crippen molar-refractivity contribution in [3.8, 4) is 11.4 Å². The fourth-order valence-electron chi connectivity index (χ4n) is 1.85. The van der Waals surface area contributed by atoms with Crippen molar-refractivity contribution in [2.45, 2.75) is 13.0 Å². The lowest BCUT2D eigenvalue weighted by Gasteiger charge is -1.94. The van der Waals surface area contributed by atoms with Crippen molar-refractivity contribution in [3.63, 3.8) is 0 Å². The molecule has 2 aromatic heterocycles. The Bertz CT molecular complexity index is 740. The molecule has 0 bridgehead atoms. The average Bonchev–Trinajstić information content (AvgIpc) is 3.10. The zero-order valence-corrected chi connectivity index (χ0v) is 11.7. The monoisotopic (exact) mass is 305 g/mol. The molecule has 3 rings (SSSR count). The minimum absolute atomic E-state index is 0.0398. The highest BCUT2D eigenvalue weighted by molar-refractivity contribution is 6.30. The van der Waals surface area contributed by atoms with Crippen LogP contribution in [0.4, 0.5) is 0 Å². The molecule has 0 aliphatic rings. The molecule has 8 heteroatoms. The molecule has 7 nitrogen and oxygen atoms in total. The molecular formula is C13H12ClN5O2. The lowest BCUT2D eigenvalue weighted by molar-refractivity contribution is 0.298. The Labute approximate surface area is 125 Å². The Hall–Kier alpha value is -2.25. The van der Waals surface area contributed by atoms with Crippen LogP contribution in [0.2, 0.25) is 5.02 Å². The van der Waals surface area contributed by atoms with Gasteiger partial charge in [-0.1, -0.05) is 34.1 Å². The van der Waals surface area contributed by atoms with Gasteiger partial charge in [0.15, 0.2) is 0 Å². The quantitative estimate of drug-likeness (QED) is 0.769. The molecule has 108 valence electrons. The van der Waals surface area contributed by atoms with Gasteiger partial charge in [0.1, 0.15) is 6.54 Å². The normalized spacial score (nSPS) is 11.0. The predicted molar refractivity (Wildman–Crippen MR) is 74.7 cm³/mol. The lowest BCUT2D eigenvalue weighted by atomic mass is 10.2. The maximum Gasteiger partial charge on any atom is 0.248 e. The Kier molecular flexibility index (Phi) is 3.94. The number of aromatic nitrogens is 5. The van der Waals surface area contributed by atoms with Crippen LogP contribution >= 0.6 is 11.6 Å². The van der Waals surface area contributed by atoms with Crippen molar-refractivity contribution >= 4 is 11.6 Å². The van der Waals surface area contributed by atoms with E-state index in [1.165, 1.54) is 0 Å². The summed E-state index contributed by atoms with van der Waals surface area (Å²) in [5.74, 6) is 0.897. The first-order chi connectivity index (χ1) is 10.2. The summed E-state index contributed by atoms with van der Waals surface area (Å²) < 4.78 is 6.77. The molecule has 0 amide bonds. The first kappa shape index (κ1) is 13.7. The SMILES string of the molecule is OCCc1cn(Cc2nc(-c3cccc(Cl)c3)no2)nn1. The third-order valence-electron chi connectivity index (χ3n) is 2.80. The number of nitrogens with zero attached hydrogens (tertiary/aromatic N) is 5. The second kappa shape index (κ2) is 6.02. The third-order valence-corrected chi connectivity index (χ3v) is 3.04. The van der Waals surface area contributed by atoms with Gasteiger partial charge in [-0.25, -0.2) is 4.68 Å². The van der Waals surface area contributed by atoms with E-state index in [1.54, 1.807) is 23.0 Å². The molecule has 1 aromatic carbocycles. The van der Waals surface area contributed by atoms with Gasteiger partial charge < -0.3 is 9.63 Å². The summed E-state index contributed by atoms with van der Waals surface area (Å²) in [5.41, 5.74) is 1.50. The Morgan fingerprint density at radius 3 is 3.05 bits per heavy atom. The number of hydrogen-bond donors (Lipinski definition) is 1. The van der Waals surface area contributed by atoms with Crippen LogP contribution in [0.15, 0.2) is 35.0 Å². The van der Waals surface area contributed by atoms with Gasteiger partial charge in [0.2, 0.25) is 11.7 Å². The predicted octanol–water partition coefficient (Wildman–Crippen LogP) is 1.56. The molecule has 21 heavy (non-hydrogen) atoms. The molecular weight excluding hydrogens is 294 g/mol. The van der Waals surface area contributed by atoms with Gasteiger partial charge in [-0.05, 0) is 12.1 Å². The Morgan fingerprint density at radius 1 is 1.33 bits per heavy atom. The average molecular weight is 306 g/mol. The first-order valence-electron chi connectivity index (χ1n) is 6.33. The summed E-state index contributed by atoms with van der Waals surface area (Å²) in [7, 11) is 0. The molecule has 1 N–H and O–H groups in total. The van der Waals surface area contributed by atoms with Crippen molar-refractivity contribution in [3.05, 3.63) is 47.1 Å². The van der Waals surface area contributed by atoms with Gasteiger partial charge in [0, 0.05) is 29.8 Å². The number of aliphatic hydroxyl groups excluding tert-OH is 1. The summed E-state index contributed by atoms with van der Waals surface area (Å²) in [6, 6.07) is 7.23. The molecule has 0 atom stereocenters. The van der Waals surface area contributed by atoms with Gasteiger partial charge in [-0.2, -0.15) is 4.98 Å². The van der Waals surface area contributed by atoms with E-state index in [2.05, 4.69) is 20.5 Å². The molecule has 0 fully saturated rings. The Morgan fingerprint density at radius 2 is 2.24 bits per heavy atom. The van der Waals surface area contributed by atoms with Crippen LogP contribution in [0.5, 0.6) is 0 Å². The van der Waals surface area contributed by atoms with Crippen molar-refractivity contribution in [1.29, 1.82) is 0 Å². The molecule has 0 spiro atoms. The van der Waals surface area contributed by atoms with Crippen LogP contribution in [0.1, 0.15) is 11.6 Å². The molecule has 0 saturated carbocycles. The van der Waals surface area contributed by atoms with Gasteiger partial charge in [0.25, 0.3) is 0 Å². The van der Waals surface area contributed by atoms with E-state index >= 15 is 0 Å². The molecule has 0 radical (unpaired) electrons. The van der Waals surface area contributed by atoms with Crippen molar-refractivity contribution in [2.24, 2.45) is 0 Å². The molecule has 2 heterocycles. The number of rotatable bonds is 5. The largest absolute Gasteiger partial charge is 0.396 e. The second-order valence-corrected chi connectivity index (χ2v) is 4.84. The summed E-state index contributed by atoms with van der Waals surface area (Å²) in [6.45, 7) is 0.365. The summed E-state index contributed by atoms with van der Waals surface area (Å²) in [6.07, 6.45) is 2.21. The Balaban J connectivity index is 1.75. The fourth-order valence-corrected chi connectivity index (χ4v) is 2.04. The minimum atomic E-state index is 0.0398. The maximum absolute atomic E-state index is 8.84. The molecule has 3 aromatic rings. The van der Waals surface area contributed by atoms with Gasteiger partial charge in [0.05, 0.1) is 5.69 Å². The molecule has 0 aliphatic heterocycles. The first-order valence-corrected chi connectivity index (χ1v) is 6.71. The summed E-state index contributed by atoms with van der Waals surface area (Å²) >= 11 is 5.93. The molecule has 0 unspecified atom stereocenters. The van der Waals surface area contributed by atoms with E-state index in [4.69, 9.17) is 21.2 Å². The van der Waals surface area contributed by atoms with E-state index < -0.39 is 0 Å². The number of benzene rings is 1. The molecule has 0 saturated heterocycles. The maximum atomic E-state index is 8.84.